The molecule has 0 aliphatic rings. The predicted molar refractivity (Wildman–Crippen MR) is 128 cm³/mol. The molecule has 0 saturated heterocycles. The number of carboxylic acid groups (broad SMARTS) is 1. The van der Waals surface area contributed by atoms with Crippen molar-refractivity contribution in [2.45, 2.75) is 45.7 Å². The number of carbonyl (C=O) groups is 1. The van der Waals surface area contributed by atoms with Gasteiger partial charge in [0.25, 0.3) is 0 Å². The lowest BCUT2D eigenvalue weighted by atomic mass is 9.99. The van der Waals surface area contributed by atoms with Crippen LogP contribution in [-0.4, -0.2) is 22.8 Å². The number of hydrogen-bond donors (Lipinski definition) is 1. The van der Waals surface area contributed by atoms with Crippen molar-refractivity contribution in [2.75, 3.05) is 6.61 Å². The number of aryl methyl sites for hydroxylation is 3. The molecule has 0 bridgehead atoms. The Morgan fingerprint density at radius 1 is 1.14 bits per heavy atom. The molecule has 2 aromatic carbocycles. The fraction of sp³-hybridized carbons (Fsp3) is 0.308. The minimum Gasteiger partial charge on any atom is -0.481 e. The van der Waals surface area contributed by atoms with E-state index in [0.717, 1.165) is 44.1 Å². The van der Waals surface area contributed by atoms with E-state index in [-0.39, 0.29) is 5.92 Å². The van der Waals surface area contributed by atoms with E-state index in [4.69, 9.17) is 14.4 Å². The predicted octanol–water partition coefficient (Wildman–Crippen LogP) is 7.26. The normalized spacial score (nSPS) is 12.0. The molecule has 2 aromatic heterocycles. The standard InChI is InChI=1S/C26H24F3NO4S/c1-14(2)18-11-24(16-4-6-17(7-5-16)26(27,28)29)35-23(18)9-8-20-19-10-15(3)21(33-13-25(31)32)12-22(19)34-30-20/h4-7,10-12,14H,8-9,13H2,1-3H3,(H,31,32). The number of carboxylic acids is 1. The molecular weight excluding hydrogens is 479 g/mol. The van der Waals surface area contributed by atoms with Gasteiger partial charge in [-0.15, -0.1) is 11.3 Å². The van der Waals surface area contributed by atoms with Gasteiger partial charge in [-0.2, -0.15) is 13.2 Å². The molecule has 9 heteroatoms. The maximum atomic E-state index is 12.9. The molecule has 4 aromatic rings. The summed E-state index contributed by atoms with van der Waals surface area (Å²) in [4.78, 5) is 12.9. The van der Waals surface area contributed by atoms with Crippen LogP contribution >= 0.6 is 11.3 Å². The molecule has 4 rings (SSSR count). The van der Waals surface area contributed by atoms with Crippen LogP contribution in [0.15, 0.2) is 47.0 Å². The number of nitrogens with zero attached hydrogens (tertiary/aromatic N) is 1. The molecule has 184 valence electrons. The van der Waals surface area contributed by atoms with Crippen molar-refractivity contribution in [1.29, 1.82) is 0 Å². The van der Waals surface area contributed by atoms with E-state index in [0.29, 0.717) is 24.2 Å². The Morgan fingerprint density at radius 2 is 1.86 bits per heavy atom. The minimum absolute atomic E-state index is 0.259. The van der Waals surface area contributed by atoms with Crippen molar-refractivity contribution in [2.24, 2.45) is 0 Å². The number of thiophene rings is 1. The van der Waals surface area contributed by atoms with E-state index in [1.807, 2.05) is 13.0 Å². The molecule has 1 N–H and O–H groups in total. The van der Waals surface area contributed by atoms with E-state index >= 15 is 0 Å². The third-order valence-corrected chi connectivity index (χ3v) is 7.00. The lowest BCUT2D eigenvalue weighted by molar-refractivity contribution is -0.139. The summed E-state index contributed by atoms with van der Waals surface area (Å²) >= 11 is 1.58. The summed E-state index contributed by atoms with van der Waals surface area (Å²) < 4.78 is 49.5. The highest BCUT2D eigenvalue weighted by Gasteiger charge is 2.30. The fourth-order valence-corrected chi connectivity index (χ4v) is 5.25. The van der Waals surface area contributed by atoms with Gasteiger partial charge in [-0.05, 0) is 66.6 Å². The van der Waals surface area contributed by atoms with Gasteiger partial charge in [0, 0.05) is 21.2 Å². The zero-order valence-corrected chi connectivity index (χ0v) is 20.2. The Bertz CT molecular complexity index is 1350. The molecule has 0 amide bonds. The summed E-state index contributed by atoms with van der Waals surface area (Å²) in [6.07, 6.45) is -3.03. The van der Waals surface area contributed by atoms with Gasteiger partial charge < -0.3 is 14.4 Å². The van der Waals surface area contributed by atoms with Crippen molar-refractivity contribution in [3.8, 4) is 16.2 Å². The number of rotatable bonds is 8. The molecule has 0 aliphatic heterocycles. The summed E-state index contributed by atoms with van der Waals surface area (Å²) in [6, 6.07) is 10.8. The number of aromatic nitrogens is 1. The number of hydrogen-bond acceptors (Lipinski definition) is 5. The van der Waals surface area contributed by atoms with Crippen LogP contribution in [0.4, 0.5) is 13.2 Å². The maximum absolute atomic E-state index is 12.9. The lowest BCUT2D eigenvalue weighted by Crippen LogP contribution is -2.10. The first-order valence-corrected chi connectivity index (χ1v) is 11.9. The molecule has 2 heterocycles. The van der Waals surface area contributed by atoms with Crippen LogP contribution in [-0.2, 0) is 23.8 Å². The molecule has 0 fully saturated rings. The molecule has 0 saturated carbocycles. The number of benzene rings is 2. The molecular formula is C26H24F3NO4S. The molecule has 0 atom stereocenters. The number of halogens is 3. The Morgan fingerprint density at radius 3 is 2.49 bits per heavy atom. The molecule has 5 nitrogen and oxygen atoms in total. The lowest BCUT2D eigenvalue weighted by Gasteiger charge is -2.07. The Hall–Kier alpha value is -3.33. The second-order valence-corrected chi connectivity index (χ2v) is 9.78. The molecule has 0 unspecified atom stereocenters. The Balaban J connectivity index is 1.56. The Labute approximate surface area is 204 Å². The van der Waals surface area contributed by atoms with Crippen LogP contribution in [0.3, 0.4) is 0 Å². The van der Waals surface area contributed by atoms with E-state index in [9.17, 15) is 18.0 Å². The van der Waals surface area contributed by atoms with Gasteiger partial charge in [0.2, 0.25) is 0 Å². The van der Waals surface area contributed by atoms with Gasteiger partial charge >= 0.3 is 12.1 Å². The minimum atomic E-state index is -4.36. The van der Waals surface area contributed by atoms with Gasteiger partial charge in [0.1, 0.15) is 5.75 Å². The molecule has 0 aliphatic carbocycles. The number of alkyl halides is 3. The van der Waals surface area contributed by atoms with Crippen molar-refractivity contribution in [3.63, 3.8) is 0 Å². The van der Waals surface area contributed by atoms with Gasteiger partial charge in [-0.3, -0.25) is 0 Å². The second kappa shape index (κ2) is 9.73. The smallest absolute Gasteiger partial charge is 0.416 e. The van der Waals surface area contributed by atoms with Crippen LogP contribution in [0.5, 0.6) is 5.75 Å². The number of fused-ring (bicyclic) bond motifs is 1. The zero-order chi connectivity index (χ0) is 25.3. The van der Waals surface area contributed by atoms with Crippen molar-refractivity contribution in [1.82, 2.24) is 5.16 Å². The second-order valence-electron chi connectivity index (χ2n) is 8.64. The first-order valence-electron chi connectivity index (χ1n) is 11.1. The molecule has 0 spiro atoms. The summed E-state index contributed by atoms with van der Waals surface area (Å²) in [5.41, 5.74) is 3.35. The third kappa shape index (κ3) is 5.51. The zero-order valence-electron chi connectivity index (χ0n) is 19.4. The van der Waals surface area contributed by atoms with E-state index in [1.54, 1.807) is 17.4 Å². The van der Waals surface area contributed by atoms with E-state index in [2.05, 4.69) is 25.1 Å². The summed E-state index contributed by atoms with van der Waals surface area (Å²) in [5, 5.41) is 13.9. The van der Waals surface area contributed by atoms with Gasteiger partial charge in [0.05, 0.1) is 11.3 Å². The summed E-state index contributed by atoms with van der Waals surface area (Å²) in [6.45, 7) is 5.58. The Kier molecular flexibility index (Phi) is 6.89. The molecule has 0 radical (unpaired) electrons. The number of aliphatic carboxylic acids is 1. The van der Waals surface area contributed by atoms with Crippen LogP contribution in [0.25, 0.3) is 21.4 Å². The van der Waals surface area contributed by atoms with Gasteiger partial charge in [0.15, 0.2) is 12.2 Å². The maximum Gasteiger partial charge on any atom is 0.416 e. The van der Waals surface area contributed by atoms with E-state index < -0.39 is 24.3 Å². The first kappa shape index (κ1) is 24.8. The quantitative estimate of drug-likeness (QED) is 0.274. The van der Waals surface area contributed by atoms with Gasteiger partial charge in [-0.25, -0.2) is 4.79 Å². The van der Waals surface area contributed by atoms with Crippen molar-refractivity contribution < 1.29 is 32.3 Å². The third-order valence-electron chi connectivity index (χ3n) is 5.74. The SMILES string of the molecule is Cc1cc2c(CCc3sc(-c4ccc(C(F)(F)F)cc4)cc3C(C)C)noc2cc1OCC(=O)O. The monoisotopic (exact) mass is 503 g/mol. The van der Waals surface area contributed by atoms with Crippen LogP contribution < -0.4 is 4.74 Å². The molecule has 35 heavy (non-hydrogen) atoms. The topological polar surface area (TPSA) is 72.6 Å². The fourth-order valence-electron chi connectivity index (χ4n) is 3.92. The van der Waals surface area contributed by atoms with Gasteiger partial charge in [-0.1, -0.05) is 31.1 Å². The average molecular weight is 504 g/mol. The highest BCUT2D eigenvalue weighted by Crippen LogP contribution is 2.38. The van der Waals surface area contributed by atoms with Crippen molar-refractivity contribution >= 4 is 28.3 Å². The first-order chi connectivity index (χ1) is 16.5. The summed E-state index contributed by atoms with van der Waals surface area (Å²) in [7, 11) is 0. The highest BCUT2D eigenvalue weighted by atomic mass is 32.1. The van der Waals surface area contributed by atoms with Crippen molar-refractivity contribution in [3.05, 3.63) is 69.7 Å². The van der Waals surface area contributed by atoms with Crippen LogP contribution in [0, 0.1) is 6.92 Å². The summed E-state index contributed by atoms with van der Waals surface area (Å²) in [5.74, 6) is -0.367. The van der Waals surface area contributed by atoms with E-state index in [1.165, 1.54) is 17.7 Å². The van der Waals surface area contributed by atoms with Crippen LogP contribution in [0.1, 0.15) is 47.0 Å². The average Bonchev–Trinajstić information content (AvgIpc) is 3.39. The largest absolute Gasteiger partial charge is 0.481 e. The number of ether oxygens (including phenoxy) is 1. The highest BCUT2D eigenvalue weighted by molar-refractivity contribution is 7.15. The van der Waals surface area contributed by atoms with Crippen LogP contribution in [0.2, 0.25) is 0 Å².